The van der Waals surface area contributed by atoms with Crippen molar-refractivity contribution >= 4 is 11.4 Å². The predicted octanol–water partition coefficient (Wildman–Crippen LogP) is 2.32. The molecule has 0 aliphatic heterocycles. The van der Waals surface area contributed by atoms with E-state index in [1.165, 1.54) is 0 Å². The molecule has 0 bridgehead atoms. The summed E-state index contributed by atoms with van der Waals surface area (Å²) in [5.74, 6) is 1.19. The summed E-state index contributed by atoms with van der Waals surface area (Å²) in [4.78, 5) is 12.2. The molecule has 0 saturated carbocycles. The second-order valence-electron chi connectivity index (χ2n) is 5.29. The number of benzene rings is 1. The Morgan fingerprint density at radius 2 is 1.96 bits per heavy atom. The highest BCUT2D eigenvalue weighted by atomic mass is 16.5. The molecule has 2 aromatic heterocycles. The molecule has 1 amide bonds. The van der Waals surface area contributed by atoms with Gasteiger partial charge >= 0.3 is 0 Å². The molecule has 3 rings (SSSR count). The van der Waals surface area contributed by atoms with Crippen molar-refractivity contribution in [1.82, 2.24) is 14.9 Å². The van der Waals surface area contributed by atoms with Crippen molar-refractivity contribution < 1.29 is 14.3 Å². The van der Waals surface area contributed by atoms with E-state index >= 15 is 0 Å². The minimum atomic E-state index is -0.181. The van der Waals surface area contributed by atoms with Crippen molar-refractivity contribution in [2.24, 2.45) is 0 Å². The van der Waals surface area contributed by atoms with Crippen LogP contribution in [0.4, 0.5) is 0 Å². The first-order valence-corrected chi connectivity index (χ1v) is 7.65. The van der Waals surface area contributed by atoms with Gasteiger partial charge in [0.2, 0.25) is 0 Å². The lowest BCUT2D eigenvalue weighted by molar-refractivity contribution is 0.0949. The van der Waals surface area contributed by atoms with Crippen molar-refractivity contribution in [1.29, 1.82) is 0 Å². The smallest absolute Gasteiger partial charge is 0.271 e. The molecule has 2 heterocycles. The summed E-state index contributed by atoms with van der Waals surface area (Å²) >= 11 is 0. The van der Waals surface area contributed by atoms with E-state index in [4.69, 9.17) is 9.47 Å². The third-order valence-electron chi connectivity index (χ3n) is 3.75. The lowest BCUT2D eigenvalue weighted by Gasteiger charge is -2.09. The molecule has 0 saturated heterocycles. The summed E-state index contributed by atoms with van der Waals surface area (Å²) in [5, 5.41) is 7.14. The lowest BCUT2D eigenvalue weighted by Crippen LogP contribution is -2.26. The van der Waals surface area contributed by atoms with E-state index in [9.17, 15) is 4.79 Å². The van der Waals surface area contributed by atoms with Crippen LogP contribution in [0.15, 0.2) is 48.7 Å². The van der Waals surface area contributed by atoms with Gasteiger partial charge in [0.15, 0.2) is 17.2 Å². The number of hydrogen-bond donors (Lipinski definition) is 1. The molecule has 1 N–H and O–H groups in total. The SMILES string of the molecule is COc1ccc(CCNC(=O)c2cc3ccccn3n2)cc1OC. The molecule has 0 fully saturated rings. The zero-order chi connectivity index (χ0) is 16.9. The molecule has 0 radical (unpaired) electrons. The Labute approximate surface area is 140 Å². The molecule has 0 spiro atoms. The number of carbonyl (C=O) groups excluding carboxylic acids is 1. The van der Waals surface area contributed by atoms with Crippen LogP contribution < -0.4 is 14.8 Å². The van der Waals surface area contributed by atoms with Crippen molar-refractivity contribution in [3.8, 4) is 11.5 Å². The fraction of sp³-hybridized carbons (Fsp3) is 0.222. The van der Waals surface area contributed by atoms with E-state index < -0.39 is 0 Å². The number of amides is 1. The number of rotatable bonds is 6. The van der Waals surface area contributed by atoms with Gasteiger partial charge < -0.3 is 14.8 Å². The van der Waals surface area contributed by atoms with E-state index in [1.54, 1.807) is 24.8 Å². The number of aromatic nitrogens is 2. The third-order valence-corrected chi connectivity index (χ3v) is 3.75. The first-order valence-electron chi connectivity index (χ1n) is 7.65. The third kappa shape index (κ3) is 3.32. The van der Waals surface area contributed by atoms with Crippen molar-refractivity contribution in [2.45, 2.75) is 6.42 Å². The number of fused-ring (bicyclic) bond motifs is 1. The molecule has 0 unspecified atom stereocenters. The van der Waals surface area contributed by atoms with Crippen LogP contribution in [0, 0.1) is 0 Å². The maximum atomic E-state index is 12.2. The second-order valence-corrected chi connectivity index (χ2v) is 5.29. The molecule has 6 heteroatoms. The Bertz CT molecular complexity index is 825. The summed E-state index contributed by atoms with van der Waals surface area (Å²) in [5.41, 5.74) is 2.36. The van der Waals surface area contributed by atoms with E-state index in [-0.39, 0.29) is 5.91 Å². The fourth-order valence-electron chi connectivity index (χ4n) is 2.50. The van der Waals surface area contributed by atoms with Gasteiger partial charge in [-0.3, -0.25) is 4.79 Å². The minimum absolute atomic E-state index is 0.181. The van der Waals surface area contributed by atoms with Gasteiger partial charge in [0, 0.05) is 12.7 Å². The number of nitrogens with one attached hydrogen (secondary N) is 1. The van der Waals surface area contributed by atoms with Crippen LogP contribution in [0.2, 0.25) is 0 Å². The van der Waals surface area contributed by atoms with Gasteiger partial charge in [-0.2, -0.15) is 5.10 Å². The molecule has 3 aromatic rings. The van der Waals surface area contributed by atoms with E-state index in [2.05, 4.69) is 10.4 Å². The van der Waals surface area contributed by atoms with E-state index in [1.807, 2.05) is 42.6 Å². The topological polar surface area (TPSA) is 64.9 Å². The van der Waals surface area contributed by atoms with Gasteiger partial charge in [0.05, 0.1) is 19.7 Å². The molecular formula is C18H19N3O3. The highest BCUT2D eigenvalue weighted by Gasteiger charge is 2.10. The standard InChI is InChI=1S/C18H19N3O3/c1-23-16-7-6-13(11-17(16)24-2)8-9-19-18(22)15-12-14-5-3-4-10-21(14)20-15/h3-7,10-12H,8-9H2,1-2H3,(H,19,22). The van der Waals surface area contributed by atoms with Crippen LogP contribution in [0.3, 0.4) is 0 Å². The molecule has 6 nitrogen and oxygen atoms in total. The molecule has 0 atom stereocenters. The van der Waals surface area contributed by atoms with Gasteiger partial charge in [-0.25, -0.2) is 4.52 Å². The molecule has 124 valence electrons. The monoisotopic (exact) mass is 325 g/mol. The number of carbonyl (C=O) groups is 1. The maximum absolute atomic E-state index is 12.2. The van der Waals surface area contributed by atoms with Gasteiger partial charge in [-0.15, -0.1) is 0 Å². The number of hydrogen-bond acceptors (Lipinski definition) is 4. The van der Waals surface area contributed by atoms with E-state index in [0.29, 0.717) is 30.2 Å². The summed E-state index contributed by atoms with van der Waals surface area (Å²) in [6.07, 6.45) is 2.51. The van der Waals surface area contributed by atoms with Crippen LogP contribution in [0.1, 0.15) is 16.1 Å². The summed E-state index contributed by atoms with van der Waals surface area (Å²) in [6, 6.07) is 13.2. The van der Waals surface area contributed by atoms with E-state index in [0.717, 1.165) is 11.1 Å². The summed E-state index contributed by atoms with van der Waals surface area (Å²) in [6.45, 7) is 0.516. The van der Waals surface area contributed by atoms with Crippen LogP contribution in [0.5, 0.6) is 11.5 Å². The predicted molar refractivity (Wildman–Crippen MR) is 90.8 cm³/mol. The molecule has 0 aliphatic carbocycles. The highest BCUT2D eigenvalue weighted by Crippen LogP contribution is 2.27. The fourth-order valence-corrected chi connectivity index (χ4v) is 2.50. The Balaban J connectivity index is 1.60. The summed E-state index contributed by atoms with van der Waals surface area (Å²) < 4.78 is 12.2. The zero-order valence-corrected chi connectivity index (χ0v) is 13.7. The van der Waals surface area contributed by atoms with Crippen LogP contribution >= 0.6 is 0 Å². The molecule has 0 aliphatic rings. The number of methoxy groups -OCH3 is 2. The molecular weight excluding hydrogens is 306 g/mol. The average molecular weight is 325 g/mol. The van der Waals surface area contributed by atoms with Gasteiger partial charge in [0.1, 0.15) is 0 Å². The van der Waals surface area contributed by atoms with Crippen molar-refractivity contribution in [3.05, 3.63) is 59.9 Å². The number of pyridine rings is 1. The Hall–Kier alpha value is -3.02. The van der Waals surface area contributed by atoms with Crippen LogP contribution in [-0.2, 0) is 6.42 Å². The highest BCUT2D eigenvalue weighted by molar-refractivity contribution is 5.93. The number of nitrogens with zero attached hydrogens (tertiary/aromatic N) is 2. The lowest BCUT2D eigenvalue weighted by atomic mass is 10.1. The van der Waals surface area contributed by atoms with Crippen LogP contribution in [0.25, 0.3) is 5.52 Å². The number of ether oxygens (including phenoxy) is 2. The molecule has 1 aromatic carbocycles. The zero-order valence-electron chi connectivity index (χ0n) is 13.7. The van der Waals surface area contributed by atoms with Crippen molar-refractivity contribution in [3.63, 3.8) is 0 Å². The Kier molecular flexibility index (Phi) is 4.65. The first kappa shape index (κ1) is 15.9. The maximum Gasteiger partial charge on any atom is 0.271 e. The van der Waals surface area contributed by atoms with Gasteiger partial charge in [-0.1, -0.05) is 12.1 Å². The average Bonchev–Trinajstić information content (AvgIpc) is 3.05. The molecule has 24 heavy (non-hydrogen) atoms. The first-order chi connectivity index (χ1) is 11.7. The van der Waals surface area contributed by atoms with Gasteiger partial charge in [-0.05, 0) is 42.3 Å². The Morgan fingerprint density at radius 3 is 2.71 bits per heavy atom. The quantitative estimate of drug-likeness (QED) is 0.755. The normalized spacial score (nSPS) is 10.6. The van der Waals surface area contributed by atoms with Crippen molar-refractivity contribution in [2.75, 3.05) is 20.8 Å². The second kappa shape index (κ2) is 7.04. The van der Waals surface area contributed by atoms with Crippen LogP contribution in [-0.4, -0.2) is 36.3 Å². The minimum Gasteiger partial charge on any atom is -0.493 e. The Morgan fingerprint density at radius 1 is 1.12 bits per heavy atom. The largest absolute Gasteiger partial charge is 0.493 e. The summed E-state index contributed by atoms with van der Waals surface area (Å²) in [7, 11) is 3.21. The van der Waals surface area contributed by atoms with Gasteiger partial charge in [0.25, 0.3) is 5.91 Å².